The Bertz CT molecular complexity index is 3910. The van der Waals surface area contributed by atoms with Crippen LogP contribution in [0.15, 0.2) is 144 Å². The summed E-state index contributed by atoms with van der Waals surface area (Å²) in [7, 11) is 4.66. The lowest BCUT2D eigenvalue weighted by molar-refractivity contribution is -0.344. The van der Waals surface area contributed by atoms with E-state index in [0.29, 0.717) is 0 Å². The summed E-state index contributed by atoms with van der Waals surface area (Å²) in [5.74, 6) is -6.01. The highest BCUT2D eigenvalue weighted by molar-refractivity contribution is 7.02. The van der Waals surface area contributed by atoms with Gasteiger partial charge in [-0.05, 0) is 150 Å². The predicted octanol–water partition coefficient (Wildman–Crippen LogP) is 5.41. The van der Waals surface area contributed by atoms with E-state index in [4.69, 9.17) is 25.5 Å². The standard InChI is InChI=1S/C33H35N4Si.C25H26N2Si.2C2HF3O2.CH4/c1-22-9-7-8-10-27(22)33-28-16-13-25(35-34-24-11-14-26(15-12-24)36(2)3)20-31(28)38(5,6)32-21-30-23(19-29(32)33)17-18-37(30)4;1-16-7-5-6-8-19(16)25-20-10-9-18(26)14-23(20)28(3,4)24-15-22-17(13-21(24)25)11-12-27(22)2;2*3-2(4,5)1(6)7;/h7-16,19-21H,17-18H2,1-6H3;5-10,13-15,26H,11-12H2,1-4H3;2*(H,6,7);1H4/q+1;;;;/p-1. The van der Waals surface area contributed by atoms with Crippen molar-refractivity contribution in [3.05, 3.63) is 199 Å². The van der Waals surface area contributed by atoms with Crippen molar-refractivity contribution >= 4 is 82.7 Å². The number of alkyl halides is 6. The number of hydrogen-bond donors (Lipinski definition) is 1. The summed E-state index contributed by atoms with van der Waals surface area (Å²) >= 11 is 0. The minimum Gasteiger partial charge on any atom is -0.542 e. The minimum atomic E-state index is -5.19. The van der Waals surface area contributed by atoms with Crippen molar-refractivity contribution in [2.75, 3.05) is 51.9 Å². The summed E-state index contributed by atoms with van der Waals surface area (Å²) in [6, 6.07) is 49.0. The smallest absolute Gasteiger partial charge is 0.430 e. The van der Waals surface area contributed by atoms with Crippen LogP contribution >= 0.6 is 0 Å². The molecule has 7 aromatic carbocycles. The van der Waals surface area contributed by atoms with E-state index in [1.54, 1.807) is 0 Å². The predicted molar refractivity (Wildman–Crippen MR) is 313 cm³/mol. The van der Waals surface area contributed by atoms with Gasteiger partial charge in [-0.3, -0.25) is 0 Å². The normalized spacial score (nSPS) is 14.9. The lowest BCUT2D eigenvalue weighted by atomic mass is 9.91. The van der Waals surface area contributed by atoms with E-state index in [0.717, 1.165) is 48.7 Å². The van der Waals surface area contributed by atoms with Crippen LogP contribution in [0.5, 0.6) is 0 Å². The minimum absolute atomic E-state index is 0. The topological polar surface area (TPSA) is 140 Å². The van der Waals surface area contributed by atoms with E-state index in [9.17, 15) is 26.3 Å². The third-order valence-corrected chi connectivity index (χ3v) is 22.5. The van der Waals surface area contributed by atoms with Crippen molar-refractivity contribution in [2.24, 2.45) is 10.2 Å². The van der Waals surface area contributed by atoms with E-state index in [2.05, 4.69) is 200 Å². The number of aryl methyl sites for hydroxylation is 2. The quantitative estimate of drug-likeness (QED) is 0.0805. The number of hydrogen-bond acceptors (Lipinski definition) is 8. The Morgan fingerprint density at radius 2 is 0.926 bits per heavy atom. The zero-order valence-corrected chi connectivity index (χ0v) is 48.2. The zero-order valence-electron chi connectivity index (χ0n) is 46.2. The average Bonchev–Trinajstić information content (AvgIpc) is 4.16. The molecular weight excluding hydrogens is 1070 g/mol. The number of fused-ring (bicyclic) bond motifs is 6. The Labute approximate surface area is 469 Å². The molecule has 0 saturated heterocycles. The molecule has 2 N–H and O–H groups in total. The fourth-order valence-electron chi connectivity index (χ4n) is 11.1. The number of nitrogens with zero attached hydrogens (tertiary/aromatic N) is 5. The Balaban J connectivity index is 0.000000192. The molecule has 4 aliphatic heterocycles. The average molecular weight is 1140 g/mol. The number of halogens is 6. The highest BCUT2D eigenvalue weighted by Crippen LogP contribution is 2.31. The molecule has 0 radical (unpaired) electrons. The van der Waals surface area contributed by atoms with E-state index in [1.165, 1.54) is 97.6 Å². The molecule has 0 atom stereocenters. The number of likely N-dealkylation sites (N-methyl/N-ethyl adjacent to an activating group) is 2. The van der Waals surface area contributed by atoms with Crippen LogP contribution in [0.3, 0.4) is 0 Å². The first-order valence-electron chi connectivity index (χ1n) is 25.9. The summed E-state index contributed by atoms with van der Waals surface area (Å²) in [6.45, 7) is 16.6. The van der Waals surface area contributed by atoms with Crippen molar-refractivity contribution in [3.63, 3.8) is 0 Å². The van der Waals surface area contributed by atoms with Gasteiger partial charge in [0.15, 0.2) is 0 Å². The summed E-state index contributed by atoms with van der Waals surface area (Å²) < 4.78 is 67.9. The third-order valence-electron chi connectivity index (χ3n) is 15.4. The van der Waals surface area contributed by atoms with Crippen LogP contribution in [0, 0.1) is 13.8 Å². The van der Waals surface area contributed by atoms with Gasteiger partial charge in [0.05, 0.1) is 11.4 Å². The van der Waals surface area contributed by atoms with Crippen LogP contribution in [0.2, 0.25) is 26.2 Å². The van der Waals surface area contributed by atoms with Gasteiger partial charge in [0, 0.05) is 61.6 Å². The largest absolute Gasteiger partial charge is 0.542 e. The Hall–Kier alpha value is -7.97. The molecule has 11 rings (SSSR count). The number of carboxylic acid groups (broad SMARTS) is 2. The number of nitrogen functional groups attached to an aromatic ring is 1. The first-order valence-corrected chi connectivity index (χ1v) is 31.9. The molecule has 81 heavy (non-hydrogen) atoms. The summed E-state index contributed by atoms with van der Waals surface area (Å²) in [5, 5.41) is 38.4. The second-order valence-corrected chi connectivity index (χ2v) is 30.4. The lowest BCUT2D eigenvalue weighted by Crippen LogP contribution is -2.63. The molecule has 0 saturated carbocycles. The Kier molecular flexibility index (Phi) is 17.4. The number of anilines is 2. The SMILES string of the molecule is C.Cc1ccccc1C1=c2cc3c(cc2[Si](C)(C)c2cc(N)ccc21)=[N+](C)CC3.Cc1ccccc1C1=c2cc3c(cc2[Si](C)(C)c2cc(N=Nc4ccc(N(C)C)cc4)ccc21)=[N+](C)CC3.O=C([O-])C(F)(F)F.O=C([O-])C(F)(F)F. The maximum Gasteiger partial charge on any atom is 0.430 e. The van der Waals surface area contributed by atoms with Crippen LogP contribution in [0.25, 0.3) is 11.1 Å². The first kappa shape index (κ1) is 60.7. The Morgan fingerprint density at radius 3 is 1.33 bits per heavy atom. The van der Waals surface area contributed by atoms with Crippen LogP contribution in [0.1, 0.15) is 51.9 Å². The van der Waals surface area contributed by atoms with Crippen molar-refractivity contribution < 1.29 is 46.1 Å². The van der Waals surface area contributed by atoms with E-state index < -0.39 is 40.4 Å². The van der Waals surface area contributed by atoms with Gasteiger partial charge in [0.1, 0.15) is 55.3 Å². The monoisotopic (exact) mass is 1140 g/mol. The fourth-order valence-corrected chi connectivity index (χ4v) is 17.2. The number of carbonyl (C=O) groups is 2. The van der Waals surface area contributed by atoms with Gasteiger partial charge in [-0.2, -0.15) is 36.6 Å². The molecule has 0 aliphatic carbocycles. The number of aliphatic carboxylic acids is 2. The molecule has 0 unspecified atom stereocenters. The molecule has 10 nitrogen and oxygen atoms in total. The van der Waals surface area contributed by atoms with Gasteiger partial charge in [0.25, 0.3) is 0 Å². The summed E-state index contributed by atoms with van der Waals surface area (Å²) in [6.07, 6.45) is -8.14. The summed E-state index contributed by atoms with van der Waals surface area (Å²) in [5.41, 5.74) is 23.8. The molecule has 422 valence electrons. The lowest BCUT2D eigenvalue weighted by Gasteiger charge is -2.33. The molecule has 7 aromatic rings. The maximum absolute atomic E-state index is 10.5. The van der Waals surface area contributed by atoms with Crippen LogP contribution in [-0.2, 0) is 22.4 Å². The molecule has 0 bridgehead atoms. The molecule has 0 aromatic heterocycles. The number of carboxylic acids is 2. The van der Waals surface area contributed by atoms with Gasteiger partial charge in [-0.1, -0.05) is 94.3 Å². The highest BCUT2D eigenvalue weighted by Gasteiger charge is 2.39. The fraction of sp³-hybridized carbons (Fsp3) is 0.270. The highest BCUT2D eigenvalue weighted by atomic mass is 28.3. The molecule has 4 heterocycles. The van der Waals surface area contributed by atoms with Crippen LogP contribution in [0.4, 0.5) is 49.1 Å². The molecule has 0 amide bonds. The van der Waals surface area contributed by atoms with Crippen molar-refractivity contribution in [1.82, 2.24) is 9.15 Å². The number of azo groups is 1. The zero-order chi connectivity index (χ0) is 58.4. The van der Waals surface area contributed by atoms with Gasteiger partial charge < -0.3 is 30.4 Å². The number of benzene rings is 7. The Morgan fingerprint density at radius 1 is 0.543 bits per heavy atom. The van der Waals surface area contributed by atoms with E-state index in [1.807, 2.05) is 26.2 Å². The molecule has 0 fully saturated rings. The van der Waals surface area contributed by atoms with Crippen molar-refractivity contribution in [2.45, 2.75) is 72.7 Å². The van der Waals surface area contributed by atoms with Crippen LogP contribution in [-0.4, -0.2) is 81.7 Å². The number of nitrogens with two attached hydrogens (primary N) is 1. The first-order chi connectivity index (χ1) is 37.5. The summed E-state index contributed by atoms with van der Waals surface area (Å²) in [4.78, 5) is 19.7. The number of carbonyl (C=O) groups excluding carboxylic acids is 2. The van der Waals surface area contributed by atoms with E-state index >= 15 is 0 Å². The second-order valence-electron chi connectivity index (χ2n) is 21.7. The molecule has 0 spiro atoms. The maximum atomic E-state index is 10.5. The number of rotatable bonds is 5. The van der Waals surface area contributed by atoms with Gasteiger partial charge in [-0.25, -0.2) is 9.15 Å². The molecule has 18 heteroatoms. The van der Waals surface area contributed by atoms with Crippen molar-refractivity contribution in [3.8, 4) is 0 Å². The third kappa shape index (κ3) is 12.4. The molecular formula is C63H66F6N6O4Si2. The van der Waals surface area contributed by atoms with E-state index in [-0.39, 0.29) is 7.43 Å². The van der Waals surface area contributed by atoms with Gasteiger partial charge in [0.2, 0.25) is 10.7 Å². The molecule has 4 aliphatic rings. The van der Waals surface area contributed by atoms with Gasteiger partial charge >= 0.3 is 12.4 Å². The second kappa shape index (κ2) is 23.2. The van der Waals surface area contributed by atoms with Gasteiger partial charge in [-0.15, -0.1) is 0 Å². The van der Waals surface area contributed by atoms with Crippen molar-refractivity contribution in [1.29, 1.82) is 0 Å². The van der Waals surface area contributed by atoms with Crippen LogP contribution < -0.4 is 71.9 Å².